The second-order valence-electron chi connectivity index (χ2n) is 3.32. The fraction of sp³-hybridized carbons (Fsp3) is 1.00. The van der Waals surface area contributed by atoms with Crippen molar-refractivity contribution in [2.24, 2.45) is 0 Å². The smallest absolute Gasteiger partial charge is 0.315 e. The molecule has 0 aromatic heterocycles. The molecule has 0 saturated carbocycles. The van der Waals surface area contributed by atoms with Crippen LogP contribution in [-0.4, -0.2) is 30.4 Å². The summed E-state index contributed by atoms with van der Waals surface area (Å²) in [5.74, 6) is -0.331. The van der Waals surface area contributed by atoms with E-state index in [9.17, 15) is 4.57 Å². The highest BCUT2D eigenvalue weighted by molar-refractivity contribution is 7.54. The Morgan fingerprint density at radius 3 is 2.40 bits per heavy atom. The highest BCUT2D eigenvalue weighted by Crippen LogP contribution is 2.54. The summed E-state index contributed by atoms with van der Waals surface area (Å²) in [7, 11) is -3.08. The van der Waals surface area contributed by atoms with Crippen LogP contribution in [0.15, 0.2) is 0 Å². The highest BCUT2D eigenvalue weighted by atomic mass is 31.2. The monoisotopic (exact) mass is 238 g/mol. The summed E-state index contributed by atoms with van der Waals surface area (Å²) in [6, 6.07) is 0. The van der Waals surface area contributed by atoms with Crippen molar-refractivity contribution in [1.82, 2.24) is 10.8 Å². The average Bonchev–Trinajstić information content (AvgIpc) is 2.67. The van der Waals surface area contributed by atoms with Crippen molar-refractivity contribution in [3.8, 4) is 0 Å². The van der Waals surface area contributed by atoms with E-state index in [1.807, 2.05) is 0 Å². The first-order chi connectivity index (χ1) is 7.16. The van der Waals surface area contributed by atoms with Gasteiger partial charge >= 0.3 is 7.60 Å². The molecule has 0 spiro atoms. The molecule has 0 aromatic carbocycles. The lowest BCUT2D eigenvalue weighted by atomic mass is 10.3. The molecule has 1 saturated heterocycles. The molecule has 90 valence electrons. The van der Waals surface area contributed by atoms with Gasteiger partial charge in [0.25, 0.3) is 0 Å². The van der Waals surface area contributed by atoms with Crippen molar-refractivity contribution in [3.63, 3.8) is 0 Å². The summed E-state index contributed by atoms with van der Waals surface area (Å²) in [6.45, 7) is 4.27. The minimum Gasteiger partial charge on any atom is -0.315 e. The first kappa shape index (κ1) is 13.1. The van der Waals surface area contributed by atoms with E-state index in [2.05, 4.69) is 10.8 Å². The molecule has 1 fully saturated rings. The van der Waals surface area contributed by atoms with E-state index in [4.69, 9.17) is 14.3 Å². The van der Waals surface area contributed by atoms with Gasteiger partial charge in [-0.15, -0.1) is 0 Å². The summed E-state index contributed by atoms with van der Waals surface area (Å²) >= 11 is 0. The van der Waals surface area contributed by atoms with Crippen LogP contribution in [0, 0.1) is 0 Å². The Hall–Kier alpha value is 0.0300. The lowest BCUT2D eigenvalue weighted by Crippen LogP contribution is -2.39. The third kappa shape index (κ3) is 3.24. The fourth-order valence-corrected chi connectivity index (χ4v) is 3.63. The van der Waals surface area contributed by atoms with Crippen LogP contribution in [0.3, 0.4) is 0 Å². The average molecular weight is 238 g/mol. The zero-order chi connectivity index (χ0) is 11.3. The van der Waals surface area contributed by atoms with Crippen LogP contribution in [0.2, 0.25) is 0 Å². The first-order valence-electron chi connectivity index (χ1n) is 5.20. The van der Waals surface area contributed by atoms with E-state index in [0.29, 0.717) is 26.1 Å². The van der Waals surface area contributed by atoms with Crippen molar-refractivity contribution in [3.05, 3.63) is 0 Å². The molecule has 1 aliphatic heterocycles. The van der Waals surface area contributed by atoms with E-state index >= 15 is 0 Å². The van der Waals surface area contributed by atoms with Gasteiger partial charge in [0.15, 0.2) is 0 Å². The molecule has 1 rings (SSSR count). The van der Waals surface area contributed by atoms with Gasteiger partial charge in [0.05, 0.1) is 19.4 Å². The van der Waals surface area contributed by atoms with Gasteiger partial charge < -0.3 is 14.3 Å². The van der Waals surface area contributed by atoms with Gasteiger partial charge in [0.1, 0.15) is 5.78 Å². The van der Waals surface area contributed by atoms with Gasteiger partial charge in [0.2, 0.25) is 0 Å². The van der Waals surface area contributed by atoms with Gasteiger partial charge in [-0.25, -0.2) is 0 Å². The maximum atomic E-state index is 12.3. The maximum absolute atomic E-state index is 12.3. The van der Waals surface area contributed by atoms with Gasteiger partial charge in [-0.05, 0) is 26.7 Å². The molecule has 3 N–H and O–H groups in total. The fourth-order valence-electron chi connectivity index (χ4n) is 1.65. The zero-order valence-corrected chi connectivity index (χ0v) is 10.00. The predicted molar refractivity (Wildman–Crippen MR) is 55.7 cm³/mol. The third-order valence-corrected chi connectivity index (χ3v) is 4.68. The topological polar surface area (TPSA) is 79.8 Å². The summed E-state index contributed by atoms with van der Waals surface area (Å²) in [5, 5.41) is 11.7. The SMILES string of the molecule is CCOP(=O)(OCC)C1CCC(NO)N1. The molecule has 2 unspecified atom stereocenters. The largest absolute Gasteiger partial charge is 0.347 e. The Kier molecular flexibility index (Phi) is 5.18. The van der Waals surface area contributed by atoms with Crippen LogP contribution < -0.4 is 10.8 Å². The molecule has 0 radical (unpaired) electrons. The van der Waals surface area contributed by atoms with Gasteiger partial charge in [-0.3, -0.25) is 9.88 Å². The Morgan fingerprint density at radius 2 is 2.00 bits per heavy atom. The summed E-state index contributed by atoms with van der Waals surface area (Å²) < 4.78 is 22.7. The van der Waals surface area contributed by atoms with Crippen LogP contribution in [0.5, 0.6) is 0 Å². The molecule has 7 heteroatoms. The van der Waals surface area contributed by atoms with E-state index in [1.165, 1.54) is 0 Å². The Balaban J connectivity index is 2.61. The van der Waals surface area contributed by atoms with Gasteiger partial charge in [-0.1, -0.05) is 0 Å². The molecule has 2 atom stereocenters. The lowest BCUT2D eigenvalue weighted by molar-refractivity contribution is 0.117. The molecule has 0 aromatic rings. The minimum absolute atomic E-state index is 0.232. The molecular weight excluding hydrogens is 219 g/mol. The standard InChI is InChI=1S/C8H19N2O4P/c1-3-13-15(12,14-4-2)8-6-5-7(9-8)10-11/h7-11H,3-6H2,1-2H3. The predicted octanol–water partition coefficient (Wildman–Crippen LogP) is 1.27. The van der Waals surface area contributed by atoms with Crippen molar-refractivity contribution in [2.45, 2.75) is 38.6 Å². The van der Waals surface area contributed by atoms with Crippen molar-refractivity contribution < 1.29 is 18.8 Å². The lowest BCUT2D eigenvalue weighted by Gasteiger charge is -2.23. The summed E-state index contributed by atoms with van der Waals surface area (Å²) in [5.41, 5.74) is 2.11. The van der Waals surface area contributed by atoms with Crippen LogP contribution >= 0.6 is 7.60 Å². The Labute approximate surface area is 89.8 Å². The third-order valence-electron chi connectivity index (χ3n) is 2.28. The molecular formula is C8H19N2O4P. The second kappa shape index (κ2) is 5.94. The molecule has 6 nitrogen and oxygen atoms in total. The quantitative estimate of drug-likeness (QED) is 0.477. The van der Waals surface area contributed by atoms with E-state index in [-0.39, 0.29) is 11.9 Å². The molecule has 1 heterocycles. The molecule has 15 heavy (non-hydrogen) atoms. The highest BCUT2D eigenvalue weighted by Gasteiger charge is 2.40. The van der Waals surface area contributed by atoms with Crippen LogP contribution in [0.4, 0.5) is 0 Å². The van der Waals surface area contributed by atoms with Gasteiger partial charge in [0, 0.05) is 0 Å². The number of hydrogen-bond acceptors (Lipinski definition) is 6. The van der Waals surface area contributed by atoms with E-state index in [0.717, 1.165) is 0 Å². The van der Waals surface area contributed by atoms with Crippen molar-refractivity contribution in [2.75, 3.05) is 13.2 Å². The Morgan fingerprint density at radius 1 is 1.40 bits per heavy atom. The number of hydroxylamine groups is 1. The Bertz CT molecular complexity index is 229. The summed E-state index contributed by atoms with van der Waals surface area (Å²) in [6.07, 6.45) is 1.13. The molecule has 0 bridgehead atoms. The summed E-state index contributed by atoms with van der Waals surface area (Å²) in [4.78, 5) is 0. The van der Waals surface area contributed by atoms with E-state index < -0.39 is 7.60 Å². The van der Waals surface area contributed by atoms with Crippen molar-refractivity contribution >= 4 is 7.60 Å². The maximum Gasteiger partial charge on any atom is 0.347 e. The van der Waals surface area contributed by atoms with Crippen LogP contribution in [-0.2, 0) is 13.6 Å². The molecule has 0 amide bonds. The second-order valence-corrected chi connectivity index (χ2v) is 5.54. The molecule has 0 aliphatic carbocycles. The number of hydrogen-bond donors (Lipinski definition) is 3. The first-order valence-corrected chi connectivity index (χ1v) is 6.82. The van der Waals surface area contributed by atoms with Crippen molar-refractivity contribution in [1.29, 1.82) is 0 Å². The minimum atomic E-state index is -3.08. The molecule has 1 aliphatic rings. The number of rotatable bonds is 6. The normalized spacial score (nSPS) is 27.1. The zero-order valence-electron chi connectivity index (χ0n) is 9.10. The van der Waals surface area contributed by atoms with Crippen LogP contribution in [0.25, 0.3) is 0 Å². The van der Waals surface area contributed by atoms with E-state index in [1.54, 1.807) is 13.8 Å². The van der Waals surface area contributed by atoms with Crippen LogP contribution in [0.1, 0.15) is 26.7 Å². The number of nitrogens with one attached hydrogen (secondary N) is 2. The van der Waals surface area contributed by atoms with Gasteiger partial charge in [-0.2, -0.15) is 5.48 Å².